The second-order valence-electron chi connectivity index (χ2n) is 7.06. The summed E-state index contributed by atoms with van der Waals surface area (Å²) in [6, 6.07) is 11.6. The fourth-order valence-corrected chi connectivity index (χ4v) is 5.09. The number of benzene rings is 1. The SMILES string of the molecule is O=S(=O)(c1ccc(N[C@H](c2ccc(Cl)cc2)C2CC2)[nH+]c1)N1CCCC1. The van der Waals surface area contributed by atoms with Gasteiger partial charge in [0.25, 0.3) is 5.82 Å². The van der Waals surface area contributed by atoms with E-state index < -0.39 is 10.0 Å². The van der Waals surface area contributed by atoms with Crippen LogP contribution in [0.1, 0.15) is 37.3 Å². The standard InChI is InChI=1S/C19H22ClN3O2S/c20-16-7-5-15(6-8-16)19(14-3-4-14)22-18-10-9-17(13-21-18)26(24,25)23-11-1-2-12-23/h5-10,13-14,19H,1-4,11-12H2,(H,21,22)/p+1/t19-/m0/s1. The number of nitrogens with zero attached hydrogens (tertiary/aromatic N) is 1. The Morgan fingerprint density at radius 1 is 1.08 bits per heavy atom. The number of aromatic nitrogens is 1. The summed E-state index contributed by atoms with van der Waals surface area (Å²) >= 11 is 6.00. The van der Waals surface area contributed by atoms with Gasteiger partial charge in [0.15, 0.2) is 0 Å². The molecule has 0 amide bonds. The Morgan fingerprint density at radius 2 is 1.77 bits per heavy atom. The Morgan fingerprint density at radius 3 is 2.35 bits per heavy atom. The number of H-pyrrole nitrogens is 1. The van der Waals surface area contributed by atoms with E-state index in [1.165, 1.54) is 18.4 Å². The van der Waals surface area contributed by atoms with E-state index >= 15 is 0 Å². The monoisotopic (exact) mass is 392 g/mol. The normalized spacial score (nSPS) is 19.4. The molecule has 0 unspecified atom stereocenters. The van der Waals surface area contributed by atoms with Crippen LogP contribution in [0, 0.1) is 5.92 Å². The van der Waals surface area contributed by atoms with Gasteiger partial charge in [-0.05, 0) is 49.4 Å². The predicted octanol–water partition coefficient (Wildman–Crippen LogP) is 3.50. The van der Waals surface area contributed by atoms with E-state index in [1.807, 2.05) is 30.3 Å². The van der Waals surface area contributed by atoms with Crippen molar-refractivity contribution in [2.75, 3.05) is 18.4 Å². The van der Waals surface area contributed by atoms with Crippen molar-refractivity contribution in [3.05, 3.63) is 53.2 Å². The second kappa shape index (κ2) is 7.18. The molecule has 1 aliphatic carbocycles. The smallest absolute Gasteiger partial charge is 0.267 e. The van der Waals surface area contributed by atoms with Crippen LogP contribution in [0.4, 0.5) is 5.82 Å². The minimum atomic E-state index is -3.39. The number of aromatic amines is 1. The molecule has 5 nitrogen and oxygen atoms in total. The van der Waals surface area contributed by atoms with Crippen LogP contribution in [0.15, 0.2) is 47.5 Å². The third kappa shape index (κ3) is 3.72. The van der Waals surface area contributed by atoms with E-state index in [-0.39, 0.29) is 6.04 Å². The average molecular weight is 393 g/mol. The highest BCUT2D eigenvalue weighted by Gasteiger charge is 2.36. The molecular weight excluding hydrogens is 370 g/mol. The Labute approximate surface area is 159 Å². The maximum absolute atomic E-state index is 12.6. The summed E-state index contributed by atoms with van der Waals surface area (Å²) in [5.41, 5.74) is 1.19. The number of anilines is 1. The molecular formula is C19H23ClN3O2S+. The van der Waals surface area contributed by atoms with Gasteiger partial charge in [0, 0.05) is 30.1 Å². The van der Waals surface area contributed by atoms with Crippen LogP contribution >= 0.6 is 11.6 Å². The maximum atomic E-state index is 12.6. The van der Waals surface area contributed by atoms with Crippen LogP contribution in [-0.4, -0.2) is 25.8 Å². The van der Waals surface area contributed by atoms with Gasteiger partial charge >= 0.3 is 0 Å². The Kier molecular flexibility index (Phi) is 4.90. The molecule has 7 heteroatoms. The van der Waals surface area contributed by atoms with Crippen LogP contribution in [0.25, 0.3) is 0 Å². The van der Waals surface area contributed by atoms with E-state index in [0.29, 0.717) is 23.9 Å². The molecule has 4 rings (SSSR count). The highest BCUT2D eigenvalue weighted by Crippen LogP contribution is 2.42. The highest BCUT2D eigenvalue weighted by molar-refractivity contribution is 7.89. The van der Waals surface area contributed by atoms with E-state index in [1.54, 1.807) is 16.6 Å². The van der Waals surface area contributed by atoms with Crippen molar-refractivity contribution in [1.29, 1.82) is 0 Å². The summed E-state index contributed by atoms with van der Waals surface area (Å²) in [6.45, 7) is 1.23. The van der Waals surface area contributed by atoms with Crippen molar-refractivity contribution in [2.24, 2.45) is 5.92 Å². The molecule has 1 saturated heterocycles. The molecule has 2 aliphatic rings. The Balaban J connectivity index is 1.52. The molecule has 2 fully saturated rings. The molecule has 0 radical (unpaired) electrons. The van der Waals surface area contributed by atoms with E-state index in [9.17, 15) is 8.42 Å². The second-order valence-corrected chi connectivity index (χ2v) is 9.43. The number of hydrogen-bond donors (Lipinski definition) is 1. The molecule has 2 heterocycles. The fraction of sp³-hybridized carbons (Fsp3) is 0.421. The van der Waals surface area contributed by atoms with Crippen molar-refractivity contribution in [3.63, 3.8) is 0 Å². The zero-order chi connectivity index (χ0) is 18.1. The molecule has 0 spiro atoms. The van der Waals surface area contributed by atoms with Crippen molar-refractivity contribution in [1.82, 2.24) is 4.31 Å². The number of hydrogen-bond acceptors (Lipinski definition) is 3. The molecule has 1 atom stereocenters. The summed E-state index contributed by atoms with van der Waals surface area (Å²) in [4.78, 5) is 3.44. The number of halogens is 1. The molecule has 138 valence electrons. The van der Waals surface area contributed by atoms with Crippen LogP contribution in [-0.2, 0) is 10.0 Å². The minimum Gasteiger partial charge on any atom is -0.267 e. The first kappa shape index (κ1) is 17.8. The number of nitrogens with one attached hydrogen (secondary N) is 2. The first-order valence-corrected chi connectivity index (χ1v) is 10.9. The first-order chi connectivity index (χ1) is 12.5. The summed E-state index contributed by atoms with van der Waals surface area (Å²) in [7, 11) is -3.39. The minimum absolute atomic E-state index is 0.199. The third-order valence-electron chi connectivity index (χ3n) is 5.12. The lowest BCUT2D eigenvalue weighted by atomic mass is 10.0. The van der Waals surface area contributed by atoms with Gasteiger partial charge in [-0.1, -0.05) is 23.7 Å². The summed E-state index contributed by atoms with van der Waals surface area (Å²) in [5, 5.41) is 4.25. The molecule has 1 saturated carbocycles. The lowest BCUT2D eigenvalue weighted by molar-refractivity contribution is -0.364. The van der Waals surface area contributed by atoms with Gasteiger partial charge in [0.1, 0.15) is 17.1 Å². The largest absolute Gasteiger partial charge is 0.272 e. The van der Waals surface area contributed by atoms with Gasteiger partial charge in [0.2, 0.25) is 10.0 Å². The van der Waals surface area contributed by atoms with Crippen LogP contribution in [0.5, 0.6) is 0 Å². The highest BCUT2D eigenvalue weighted by atomic mass is 35.5. The average Bonchev–Trinajstić information content (AvgIpc) is 3.33. The third-order valence-corrected chi connectivity index (χ3v) is 7.27. The van der Waals surface area contributed by atoms with Gasteiger partial charge < -0.3 is 0 Å². The lowest BCUT2D eigenvalue weighted by Gasteiger charge is -2.16. The molecule has 2 aromatic rings. The zero-order valence-electron chi connectivity index (χ0n) is 14.5. The molecule has 1 aromatic carbocycles. The van der Waals surface area contributed by atoms with Crippen LogP contribution in [0.2, 0.25) is 5.02 Å². The van der Waals surface area contributed by atoms with E-state index in [2.05, 4.69) is 10.3 Å². The van der Waals surface area contributed by atoms with Crippen molar-refractivity contribution in [2.45, 2.75) is 36.6 Å². The molecule has 1 aliphatic heterocycles. The Bertz CT molecular complexity index is 859. The fourth-order valence-electron chi connectivity index (χ4n) is 3.48. The summed E-state index contributed by atoms with van der Waals surface area (Å²) in [5.74, 6) is 1.41. The maximum Gasteiger partial charge on any atom is 0.272 e. The van der Waals surface area contributed by atoms with Gasteiger partial charge in [0.05, 0.1) is 0 Å². The zero-order valence-corrected chi connectivity index (χ0v) is 16.1. The van der Waals surface area contributed by atoms with Gasteiger partial charge in [-0.15, -0.1) is 0 Å². The quantitative estimate of drug-likeness (QED) is 0.818. The van der Waals surface area contributed by atoms with Crippen LogP contribution in [0.3, 0.4) is 0 Å². The van der Waals surface area contributed by atoms with Gasteiger partial charge in [-0.2, -0.15) is 4.31 Å². The molecule has 0 bridgehead atoms. The summed E-state index contributed by atoms with van der Waals surface area (Å²) < 4.78 is 26.8. The van der Waals surface area contributed by atoms with Crippen molar-refractivity contribution >= 4 is 27.4 Å². The number of rotatable bonds is 6. The number of pyridine rings is 1. The molecule has 1 aromatic heterocycles. The van der Waals surface area contributed by atoms with Crippen LogP contribution < -0.4 is 10.3 Å². The first-order valence-electron chi connectivity index (χ1n) is 9.08. The lowest BCUT2D eigenvalue weighted by Crippen LogP contribution is -2.29. The van der Waals surface area contributed by atoms with Crippen molar-refractivity contribution < 1.29 is 13.4 Å². The van der Waals surface area contributed by atoms with E-state index in [4.69, 9.17) is 11.6 Å². The topological polar surface area (TPSA) is 63.6 Å². The van der Waals surface area contributed by atoms with Crippen molar-refractivity contribution in [3.8, 4) is 0 Å². The van der Waals surface area contributed by atoms with Gasteiger partial charge in [-0.3, -0.25) is 5.32 Å². The summed E-state index contributed by atoms with van der Waals surface area (Å²) in [6.07, 6.45) is 5.85. The van der Waals surface area contributed by atoms with E-state index in [0.717, 1.165) is 23.7 Å². The predicted molar refractivity (Wildman–Crippen MR) is 102 cm³/mol. The number of sulfonamides is 1. The van der Waals surface area contributed by atoms with Gasteiger partial charge in [-0.25, -0.2) is 13.4 Å². The molecule has 2 N–H and O–H groups in total. The molecule has 26 heavy (non-hydrogen) atoms. The Hall–Kier alpha value is -1.63.